The fraction of sp³-hybridized carbons (Fsp3) is 0.240. The normalized spacial score (nSPS) is 17.2. The molecule has 0 aromatic heterocycles. The van der Waals surface area contributed by atoms with Crippen molar-refractivity contribution in [1.82, 2.24) is 4.90 Å². The van der Waals surface area contributed by atoms with E-state index < -0.39 is 0 Å². The van der Waals surface area contributed by atoms with E-state index in [0.29, 0.717) is 5.25 Å². The van der Waals surface area contributed by atoms with Gasteiger partial charge in [0.15, 0.2) is 0 Å². The molecule has 0 spiro atoms. The van der Waals surface area contributed by atoms with Crippen LogP contribution >= 0.6 is 23.4 Å². The van der Waals surface area contributed by atoms with Crippen LogP contribution in [0.15, 0.2) is 84.9 Å². The molecule has 1 aliphatic rings. The lowest BCUT2D eigenvalue weighted by Gasteiger charge is -2.27. The van der Waals surface area contributed by atoms with Crippen molar-refractivity contribution in [3.63, 3.8) is 0 Å². The lowest BCUT2D eigenvalue weighted by molar-refractivity contribution is -0.131. The third-order valence-corrected chi connectivity index (χ3v) is 7.07. The minimum absolute atomic E-state index is 0.183. The summed E-state index contributed by atoms with van der Waals surface area (Å²) in [6, 6.07) is 28.3. The van der Waals surface area contributed by atoms with Crippen LogP contribution in [0.25, 0.3) is 0 Å². The van der Waals surface area contributed by atoms with Gasteiger partial charge in [0.1, 0.15) is 0 Å². The highest BCUT2D eigenvalue weighted by atomic mass is 35.5. The molecule has 0 aliphatic carbocycles. The highest BCUT2D eigenvalue weighted by Gasteiger charge is 2.30. The smallest absolute Gasteiger partial charge is 0.234 e. The van der Waals surface area contributed by atoms with Gasteiger partial charge < -0.3 is 4.90 Å². The number of carbonyl (C=O) groups is 1. The Morgan fingerprint density at radius 2 is 1.45 bits per heavy atom. The standard InChI is InChI=1S/C25H24ClNOS/c26-22-14-8-7-13-21(22)23-15-16-27(17-18-29-23)25(28)24(19-9-3-1-4-10-19)20-11-5-2-6-12-20/h1-14,23-24H,15-18H2. The molecule has 148 valence electrons. The topological polar surface area (TPSA) is 20.3 Å². The van der Waals surface area contributed by atoms with E-state index in [0.717, 1.165) is 41.4 Å². The van der Waals surface area contributed by atoms with Crippen LogP contribution in [0.5, 0.6) is 0 Å². The van der Waals surface area contributed by atoms with Crippen LogP contribution in [0.1, 0.15) is 34.3 Å². The zero-order chi connectivity index (χ0) is 20.1. The second-order valence-corrected chi connectivity index (χ2v) is 8.97. The van der Waals surface area contributed by atoms with E-state index >= 15 is 0 Å². The van der Waals surface area contributed by atoms with Gasteiger partial charge in [-0.3, -0.25) is 4.79 Å². The third-order valence-electron chi connectivity index (χ3n) is 5.42. The molecule has 1 aliphatic heterocycles. The summed E-state index contributed by atoms with van der Waals surface area (Å²) < 4.78 is 0. The Labute approximate surface area is 181 Å². The van der Waals surface area contributed by atoms with E-state index in [1.165, 1.54) is 5.56 Å². The van der Waals surface area contributed by atoms with Crippen molar-refractivity contribution < 1.29 is 4.79 Å². The molecule has 1 fully saturated rings. The van der Waals surface area contributed by atoms with Crippen LogP contribution in [0.2, 0.25) is 5.02 Å². The van der Waals surface area contributed by atoms with Gasteiger partial charge in [0.25, 0.3) is 0 Å². The number of thioether (sulfide) groups is 1. The summed E-state index contributed by atoms with van der Waals surface area (Å²) in [7, 11) is 0. The first-order valence-electron chi connectivity index (χ1n) is 9.99. The van der Waals surface area contributed by atoms with E-state index in [1.807, 2.05) is 71.3 Å². The quantitative estimate of drug-likeness (QED) is 0.501. The Morgan fingerprint density at radius 1 is 0.862 bits per heavy atom. The molecule has 1 atom stereocenters. The van der Waals surface area contributed by atoms with Gasteiger partial charge in [-0.15, -0.1) is 0 Å². The van der Waals surface area contributed by atoms with Gasteiger partial charge in [0.05, 0.1) is 5.92 Å². The highest BCUT2D eigenvalue weighted by molar-refractivity contribution is 7.99. The van der Waals surface area contributed by atoms with Crippen molar-refractivity contribution in [3.05, 3.63) is 107 Å². The molecule has 1 saturated heterocycles. The number of hydrogen-bond acceptors (Lipinski definition) is 2. The van der Waals surface area contributed by atoms with Gasteiger partial charge in [-0.05, 0) is 29.2 Å². The van der Waals surface area contributed by atoms with E-state index in [9.17, 15) is 4.79 Å². The molecule has 4 rings (SSSR count). The minimum Gasteiger partial charge on any atom is -0.341 e. The molecular formula is C25H24ClNOS. The maximum atomic E-state index is 13.7. The average molecular weight is 422 g/mol. The second kappa shape index (κ2) is 9.51. The average Bonchev–Trinajstić information content (AvgIpc) is 3.02. The predicted octanol–water partition coefficient (Wildman–Crippen LogP) is 6.18. The fourth-order valence-corrected chi connectivity index (χ4v) is 5.53. The minimum atomic E-state index is -0.265. The second-order valence-electron chi connectivity index (χ2n) is 7.25. The zero-order valence-corrected chi connectivity index (χ0v) is 17.8. The first-order valence-corrected chi connectivity index (χ1v) is 11.4. The number of rotatable bonds is 4. The number of halogens is 1. The molecule has 3 aromatic carbocycles. The fourth-order valence-electron chi connectivity index (χ4n) is 3.93. The summed E-state index contributed by atoms with van der Waals surface area (Å²) in [5, 5.41) is 1.14. The molecule has 0 N–H and O–H groups in total. The van der Waals surface area contributed by atoms with E-state index in [4.69, 9.17) is 11.6 Å². The van der Waals surface area contributed by atoms with Crippen LogP contribution in [-0.4, -0.2) is 29.6 Å². The molecule has 4 heteroatoms. The van der Waals surface area contributed by atoms with Gasteiger partial charge >= 0.3 is 0 Å². The van der Waals surface area contributed by atoms with E-state index in [-0.39, 0.29) is 11.8 Å². The Hall–Kier alpha value is -2.23. The molecule has 29 heavy (non-hydrogen) atoms. The number of amides is 1. The molecule has 2 nitrogen and oxygen atoms in total. The molecule has 0 saturated carbocycles. The summed E-state index contributed by atoms with van der Waals surface area (Å²) in [5.74, 6) is 0.833. The molecule has 3 aromatic rings. The number of nitrogens with zero attached hydrogens (tertiary/aromatic N) is 1. The summed E-state index contributed by atoms with van der Waals surface area (Å²) in [6.45, 7) is 1.51. The number of benzene rings is 3. The van der Waals surface area contributed by atoms with E-state index in [1.54, 1.807) is 0 Å². The molecule has 0 bridgehead atoms. The lowest BCUT2D eigenvalue weighted by atomic mass is 9.90. The van der Waals surface area contributed by atoms with Crippen molar-refractivity contribution >= 4 is 29.3 Å². The Morgan fingerprint density at radius 3 is 2.07 bits per heavy atom. The van der Waals surface area contributed by atoms with Crippen LogP contribution in [0, 0.1) is 0 Å². The van der Waals surface area contributed by atoms with Crippen LogP contribution < -0.4 is 0 Å². The van der Waals surface area contributed by atoms with Crippen LogP contribution in [-0.2, 0) is 4.79 Å². The van der Waals surface area contributed by atoms with Gasteiger partial charge in [-0.2, -0.15) is 11.8 Å². The van der Waals surface area contributed by atoms with E-state index in [2.05, 4.69) is 30.3 Å². The highest BCUT2D eigenvalue weighted by Crippen LogP contribution is 2.38. The predicted molar refractivity (Wildman–Crippen MR) is 123 cm³/mol. The largest absolute Gasteiger partial charge is 0.341 e. The Kier molecular flexibility index (Phi) is 6.58. The Balaban J connectivity index is 1.56. The van der Waals surface area contributed by atoms with Gasteiger partial charge in [0, 0.05) is 29.1 Å². The van der Waals surface area contributed by atoms with Crippen molar-refractivity contribution in [3.8, 4) is 0 Å². The summed E-state index contributed by atoms with van der Waals surface area (Å²) in [6.07, 6.45) is 0.913. The molecule has 1 unspecified atom stereocenters. The lowest BCUT2D eigenvalue weighted by Crippen LogP contribution is -2.37. The SMILES string of the molecule is O=C(C(c1ccccc1)c1ccccc1)N1CCSC(c2ccccc2Cl)CC1. The van der Waals surface area contributed by atoms with Crippen molar-refractivity contribution in [2.45, 2.75) is 17.6 Å². The maximum absolute atomic E-state index is 13.7. The van der Waals surface area contributed by atoms with Crippen LogP contribution in [0.4, 0.5) is 0 Å². The molecule has 1 amide bonds. The third kappa shape index (κ3) is 4.68. The van der Waals surface area contributed by atoms with Crippen LogP contribution in [0.3, 0.4) is 0 Å². The van der Waals surface area contributed by atoms with Crippen molar-refractivity contribution in [2.75, 3.05) is 18.8 Å². The van der Waals surface area contributed by atoms with Gasteiger partial charge in [-0.25, -0.2) is 0 Å². The first-order chi connectivity index (χ1) is 14.2. The molecule has 1 heterocycles. The first kappa shape index (κ1) is 20.1. The zero-order valence-electron chi connectivity index (χ0n) is 16.2. The molecule has 0 radical (unpaired) electrons. The maximum Gasteiger partial charge on any atom is 0.234 e. The number of carbonyl (C=O) groups excluding carboxylic acids is 1. The Bertz CT molecular complexity index is 908. The summed E-state index contributed by atoms with van der Waals surface area (Å²) >= 11 is 8.32. The summed E-state index contributed by atoms with van der Waals surface area (Å²) in [5.41, 5.74) is 3.27. The molecular weight excluding hydrogens is 398 g/mol. The summed E-state index contributed by atoms with van der Waals surface area (Å²) in [4.78, 5) is 15.7. The monoisotopic (exact) mass is 421 g/mol. The van der Waals surface area contributed by atoms with Gasteiger partial charge in [0.2, 0.25) is 5.91 Å². The van der Waals surface area contributed by atoms with Crippen molar-refractivity contribution in [1.29, 1.82) is 0 Å². The van der Waals surface area contributed by atoms with Gasteiger partial charge in [-0.1, -0.05) is 90.5 Å². The number of hydrogen-bond donors (Lipinski definition) is 0. The van der Waals surface area contributed by atoms with Crippen molar-refractivity contribution in [2.24, 2.45) is 0 Å².